The molecule has 13 heteroatoms. The Hall–Kier alpha value is -0.553. The first-order valence-corrected chi connectivity index (χ1v) is 27.1. The number of rotatable bonds is 19. The van der Waals surface area contributed by atoms with Gasteiger partial charge >= 0.3 is 0 Å². The van der Waals surface area contributed by atoms with Crippen LogP contribution in [0.5, 0.6) is 0 Å². The lowest BCUT2D eigenvalue weighted by Gasteiger charge is -2.47. The Morgan fingerprint density at radius 3 is 2.40 bits per heavy atom. The first-order valence-electron chi connectivity index (χ1n) is 23.4. The summed E-state index contributed by atoms with van der Waals surface area (Å²) >= 11 is 3.38. The number of ether oxygens (including phenoxy) is 7. The molecule has 4 unspecified atom stereocenters. The van der Waals surface area contributed by atoms with Gasteiger partial charge in [0.15, 0.2) is 14.1 Å². The summed E-state index contributed by atoms with van der Waals surface area (Å²) in [4.78, 5) is 14.3. The van der Waals surface area contributed by atoms with E-state index in [1.807, 2.05) is 0 Å². The summed E-state index contributed by atoms with van der Waals surface area (Å²) in [5.74, 6) is 0.157. The number of carbonyl (C=O) groups is 1. The van der Waals surface area contributed by atoms with E-state index >= 15 is 0 Å². The van der Waals surface area contributed by atoms with Crippen LogP contribution in [0.25, 0.3) is 0 Å². The SMILES string of the molecule is C=C(Br)C[C@H](O)CC[C@@]12C[C@H]3O[C@H]4C(O1)[C@H]1O[C@@H](CC(=O)C[C@H]5C(C[C@H]6OC(CCCO)C[C@@H](C)C6=C)O[C@H](C[C@H](C)CO[Si](C)(C)C(C)(C)C)[C@@H]5C)CC[C@@H]1O[C@H]4C3O2. The molecule has 6 bridgehead atoms. The third kappa shape index (κ3) is 10.4. The predicted molar refractivity (Wildman–Crippen MR) is 235 cm³/mol. The fourth-order valence-electron chi connectivity index (χ4n) is 11.0. The van der Waals surface area contributed by atoms with Gasteiger partial charge in [-0.15, -0.1) is 0 Å². The van der Waals surface area contributed by atoms with Gasteiger partial charge in [-0.3, -0.25) is 4.79 Å². The van der Waals surface area contributed by atoms with E-state index in [-0.39, 0.29) is 103 Å². The third-order valence-corrected chi connectivity index (χ3v) is 20.5. The Morgan fingerprint density at radius 2 is 1.68 bits per heavy atom. The number of fused-ring (bicyclic) bond motifs is 1. The van der Waals surface area contributed by atoms with Crippen molar-refractivity contribution in [2.45, 2.75) is 228 Å². The van der Waals surface area contributed by atoms with E-state index in [1.165, 1.54) is 0 Å². The minimum absolute atomic E-state index is 0.00659. The Bertz CT molecular complexity index is 1520. The number of Topliss-reactive ketones (excluding diaryl/α,β-unsaturated/α-hetero) is 1. The van der Waals surface area contributed by atoms with Gasteiger partial charge in [0.25, 0.3) is 0 Å². The lowest BCUT2D eigenvalue weighted by Crippen LogP contribution is -2.61. The van der Waals surface area contributed by atoms with Crippen LogP contribution < -0.4 is 0 Å². The predicted octanol–water partition coefficient (Wildman–Crippen LogP) is 8.32. The normalized spacial score (nSPS) is 42.2. The van der Waals surface area contributed by atoms with E-state index in [0.717, 1.165) is 42.2 Å². The molecule has 8 fully saturated rings. The zero-order chi connectivity index (χ0) is 43.3. The van der Waals surface area contributed by atoms with Crippen molar-refractivity contribution in [3.05, 3.63) is 23.2 Å². The van der Waals surface area contributed by atoms with Crippen LogP contribution in [-0.2, 0) is 42.4 Å². The molecular formula is C47H77BrO11Si. The molecule has 60 heavy (non-hydrogen) atoms. The van der Waals surface area contributed by atoms with Crippen LogP contribution in [0.1, 0.15) is 125 Å². The molecule has 0 aromatic heterocycles. The molecule has 18 atom stereocenters. The molecule has 2 N–H and O–H groups in total. The topological polar surface area (TPSA) is 131 Å². The summed E-state index contributed by atoms with van der Waals surface area (Å²) in [7, 11) is -1.90. The molecule has 0 amide bonds. The summed E-state index contributed by atoms with van der Waals surface area (Å²) in [6.07, 6.45) is 5.60. The maximum Gasteiger partial charge on any atom is 0.191 e. The van der Waals surface area contributed by atoms with Crippen LogP contribution >= 0.6 is 15.9 Å². The Kier molecular flexibility index (Phi) is 15.1. The quantitative estimate of drug-likeness (QED) is 0.0959. The minimum atomic E-state index is -1.90. The van der Waals surface area contributed by atoms with Gasteiger partial charge in [-0.1, -0.05) is 70.6 Å². The van der Waals surface area contributed by atoms with Gasteiger partial charge in [0.2, 0.25) is 0 Å². The number of halogens is 1. The second-order valence-corrected chi connectivity index (χ2v) is 27.4. The molecule has 0 aliphatic carbocycles. The molecule has 0 aromatic rings. The van der Waals surface area contributed by atoms with Crippen LogP contribution in [0.3, 0.4) is 0 Å². The molecule has 8 heterocycles. The highest BCUT2D eigenvalue weighted by molar-refractivity contribution is 9.11. The summed E-state index contributed by atoms with van der Waals surface area (Å²) in [6.45, 7) is 27.4. The standard InChI is InChI=1S/C47H77BrO11Si/c1-26(25-52-60(9,10)46(6,7)8)18-37-30(5)35(39(55-37)23-38-29(4)27(2)19-33(53-38)12-11-17-49)22-32(51)21-34-13-14-36-41(54-34)45-44-43(56-36)42-40(57-44)24-47(58-42,59-45)16-15-31(50)20-28(3)48/h26-27,30-31,33-45,49-50H,3-4,11-25H2,1-2,5-10H3/t26-,27+,30+,31+,33?,34+,35+,36-,37+,38+,39?,40+,41-,42?,43-,44+,45?,47-/m0/s1. The average molecular weight is 926 g/mol. The molecule has 0 saturated carbocycles. The Labute approximate surface area is 369 Å². The summed E-state index contributed by atoms with van der Waals surface area (Å²) in [5.41, 5.74) is 1.10. The van der Waals surface area contributed by atoms with Crippen LogP contribution in [0.15, 0.2) is 23.2 Å². The van der Waals surface area contributed by atoms with Crippen molar-refractivity contribution >= 4 is 30.0 Å². The second kappa shape index (κ2) is 19.1. The zero-order valence-electron chi connectivity index (χ0n) is 37.8. The maximum atomic E-state index is 14.3. The van der Waals surface area contributed by atoms with Crippen LogP contribution in [0.2, 0.25) is 18.1 Å². The molecule has 8 aliphatic rings. The zero-order valence-corrected chi connectivity index (χ0v) is 40.4. The number of ketones is 1. The fraction of sp³-hybridized carbons (Fsp3) is 0.894. The van der Waals surface area contributed by atoms with Gasteiger partial charge in [-0.2, -0.15) is 0 Å². The largest absolute Gasteiger partial charge is 0.417 e. The van der Waals surface area contributed by atoms with Gasteiger partial charge in [0, 0.05) is 51.7 Å². The highest BCUT2D eigenvalue weighted by Gasteiger charge is 2.68. The second-order valence-electron chi connectivity index (χ2n) is 21.4. The smallest absolute Gasteiger partial charge is 0.191 e. The first kappa shape index (κ1) is 47.4. The van der Waals surface area contributed by atoms with Crippen molar-refractivity contribution in [3.63, 3.8) is 0 Å². The number of hydrogen-bond acceptors (Lipinski definition) is 11. The van der Waals surface area contributed by atoms with Crippen molar-refractivity contribution < 1.29 is 52.6 Å². The molecule has 8 saturated heterocycles. The third-order valence-electron chi connectivity index (χ3n) is 15.7. The van der Waals surface area contributed by atoms with Crippen molar-refractivity contribution in [2.75, 3.05) is 13.2 Å². The van der Waals surface area contributed by atoms with E-state index in [2.05, 4.69) is 83.7 Å². The molecule has 0 aromatic carbocycles. The van der Waals surface area contributed by atoms with Crippen LogP contribution in [0, 0.1) is 23.7 Å². The van der Waals surface area contributed by atoms with E-state index in [0.29, 0.717) is 69.8 Å². The molecule has 8 rings (SSSR count). The van der Waals surface area contributed by atoms with E-state index in [9.17, 15) is 15.0 Å². The molecule has 8 aliphatic heterocycles. The highest BCUT2D eigenvalue weighted by Crippen LogP contribution is 2.54. The summed E-state index contributed by atoms with van der Waals surface area (Å²) in [5, 5.41) is 20.4. The summed E-state index contributed by atoms with van der Waals surface area (Å²) in [6, 6.07) is 0. The van der Waals surface area contributed by atoms with Gasteiger partial charge < -0.3 is 47.8 Å². The molecular weight excluding hydrogens is 848 g/mol. The average Bonchev–Trinajstić information content (AvgIpc) is 3.71. The van der Waals surface area contributed by atoms with Gasteiger partial charge in [0.05, 0.1) is 48.8 Å². The Morgan fingerprint density at radius 1 is 0.967 bits per heavy atom. The van der Waals surface area contributed by atoms with Crippen molar-refractivity contribution in [1.29, 1.82) is 0 Å². The summed E-state index contributed by atoms with van der Waals surface area (Å²) < 4.78 is 54.7. The number of aliphatic hydroxyl groups excluding tert-OH is 2. The van der Waals surface area contributed by atoms with E-state index in [4.69, 9.17) is 37.6 Å². The Balaban J connectivity index is 1.01. The lowest BCUT2D eigenvalue weighted by molar-refractivity contribution is -0.292. The first-order chi connectivity index (χ1) is 28.3. The van der Waals surface area contributed by atoms with E-state index < -0.39 is 20.2 Å². The number of hydrogen-bond donors (Lipinski definition) is 2. The number of carbonyl (C=O) groups excluding carboxylic acids is 1. The minimum Gasteiger partial charge on any atom is -0.417 e. The molecule has 342 valence electrons. The van der Waals surface area contributed by atoms with Crippen molar-refractivity contribution in [1.82, 2.24) is 0 Å². The molecule has 11 nitrogen and oxygen atoms in total. The van der Waals surface area contributed by atoms with Gasteiger partial charge in [-0.05, 0) is 96.8 Å². The van der Waals surface area contributed by atoms with Gasteiger partial charge in [0.1, 0.15) is 36.3 Å². The fourth-order valence-corrected chi connectivity index (χ4v) is 12.6. The van der Waals surface area contributed by atoms with Crippen molar-refractivity contribution in [3.8, 4) is 0 Å². The highest BCUT2D eigenvalue weighted by atomic mass is 79.9. The van der Waals surface area contributed by atoms with Crippen LogP contribution in [-0.4, -0.2) is 123 Å². The molecule has 0 radical (unpaired) electrons. The van der Waals surface area contributed by atoms with Crippen LogP contribution in [0.4, 0.5) is 0 Å². The van der Waals surface area contributed by atoms with Crippen molar-refractivity contribution in [2.24, 2.45) is 23.7 Å². The monoisotopic (exact) mass is 924 g/mol. The maximum absolute atomic E-state index is 14.3. The van der Waals surface area contributed by atoms with Gasteiger partial charge in [-0.25, -0.2) is 0 Å². The van der Waals surface area contributed by atoms with E-state index in [1.54, 1.807) is 0 Å². The lowest BCUT2D eigenvalue weighted by atomic mass is 9.78. The number of aliphatic hydroxyl groups is 2. The molecule has 0 spiro atoms.